The van der Waals surface area contributed by atoms with E-state index in [2.05, 4.69) is 5.32 Å². The molecule has 0 fully saturated rings. The fourth-order valence-corrected chi connectivity index (χ4v) is 3.75. The number of ether oxygens (including phenoxy) is 1. The number of aliphatic carboxylic acids is 1. The summed E-state index contributed by atoms with van der Waals surface area (Å²) < 4.78 is 6.09. The van der Waals surface area contributed by atoms with Gasteiger partial charge in [-0.05, 0) is 66.7 Å². The van der Waals surface area contributed by atoms with Gasteiger partial charge in [-0.1, -0.05) is 27.7 Å². The Morgan fingerprint density at radius 3 is 1.94 bits per heavy atom. The quantitative estimate of drug-likeness (QED) is 0.401. The first-order valence-electron chi connectivity index (χ1n) is 11.7. The molecule has 0 saturated heterocycles. The molecule has 2 amide bonds. The summed E-state index contributed by atoms with van der Waals surface area (Å²) in [6.45, 7) is 20.0. The molecular weight excluding hydrogens is 408 g/mol. The second kappa shape index (κ2) is 11.5. The number of carboxylic acids is 1. The molecule has 0 aliphatic heterocycles. The van der Waals surface area contributed by atoms with Crippen molar-refractivity contribution in [3.63, 3.8) is 0 Å². The third kappa shape index (κ3) is 10.3. The molecular formula is C25H48N2O5. The number of carboxylic acid groups (broad SMARTS) is 1. The number of hydrogen-bond acceptors (Lipinski definition) is 4. The van der Waals surface area contributed by atoms with E-state index in [1.165, 1.54) is 0 Å². The average Bonchev–Trinajstić information content (AvgIpc) is 2.58. The van der Waals surface area contributed by atoms with Crippen LogP contribution in [0.15, 0.2) is 0 Å². The van der Waals surface area contributed by atoms with Crippen molar-refractivity contribution < 1.29 is 24.2 Å². The minimum Gasteiger partial charge on any atom is -0.481 e. The van der Waals surface area contributed by atoms with E-state index in [0.717, 1.165) is 0 Å². The van der Waals surface area contributed by atoms with Crippen LogP contribution in [0.25, 0.3) is 0 Å². The van der Waals surface area contributed by atoms with Crippen LogP contribution in [0.4, 0.5) is 0 Å². The fraction of sp³-hybridized carbons (Fsp3) is 0.880. The maximum absolute atomic E-state index is 13.2. The Balaban J connectivity index is 4.79. The van der Waals surface area contributed by atoms with Crippen molar-refractivity contribution in [2.24, 2.45) is 16.7 Å². The molecule has 188 valence electrons. The largest absolute Gasteiger partial charge is 0.481 e. The zero-order valence-corrected chi connectivity index (χ0v) is 22.3. The Morgan fingerprint density at radius 1 is 0.938 bits per heavy atom. The molecule has 7 nitrogen and oxygen atoms in total. The summed E-state index contributed by atoms with van der Waals surface area (Å²) >= 11 is 0. The monoisotopic (exact) mass is 456 g/mol. The van der Waals surface area contributed by atoms with E-state index in [4.69, 9.17) is 4.74 Å². The van der Waals surface area contributed by atoms with E-state index < -0.39 is 27.9 Å². The van der Waals surface area contributed by atoms with E-state index in [-0.39, 0.29) is 18.2 Å². The lowest BCUT2D eigenvalue weighted by Crippen LogP contribution is -2.52. The van der Waals surface area contributed by atoms with Gasteiger partial charge in [-0.25, -0.2) is 0 Å². The smallest absolute Gasteiger partial charge is 0.309 e. The first-order valence-corrected chi connectivity index (χ1v) is 11.7. The van der Waals surface area contributed by atoms with Crippen LogP contribution in [0.2, 0.25) is 0 Å². The summed E-state index contributed by atoms with van der Waals surface area (Å²) in [5.41, 5.74) is -2.64. The van der Waals surface area contributed by atoms with Gasteiger partial charge in [0.25, 0.3) is 0 Å². The molecule has 0 unspecified atom stereocenters. The molecule has 2 N–H and O–H groups in total. The van der Waals surface area contributed by atoms with Crippen LogP contribution in [0, 0.1) is 16.7 Å². The molecule has 0 atom stereocenters. The van der Waals surface area contributed by atoms with Gasteiger partial charge < -0.3 is 20.1 Å². The minimum atomic E-state index is -0.984. The summed E-state index contributed by atoms with van der Waals surface area (Å²) in [5.74, 6) is -0.590. The fourth-order valence-electron chi connectivity index (χ4n) is 3.75. The number of amides is 2. The van der Waals surface area contributed by atoms with Crippen LogP contribution in [-0.2, 0) is 19.1 Å². The summed E-state index contributed by atoms with van der Waals surface area (Å²) in [7, 11) is 1.77. The standard InChI is InChI=1S/C25H48N2O5/c1-18(2)16-19(28)26-14-12-25(9,10)32-15-13-24(7,8)27(11)20(29)22(3,4)17-23(5,6)21(30)31/h18H,12-17H2,1-11H3,(H,26,28)(H,30,31). The SMILES string of the molecule is CC(C)CC(=O)NCCC(C)(C)OCCC(C)(C)N(C)C(=O)C(C)(C)CC(C)(C)C(=O)O. The molecule has 0 aromatic carbocycles. The van der Waals surface area contributed by atoms with Crippen molar-refractivity contribution in [3.8, 4) is 0 Å². The van der Waals surface area contributed by atoms with E-state index in [1.807, 2.05) is 41.5 Å². The molecule has 0 bridgehead atoms. The van der Waals surface area contributed by atoms with Gasteiger partial charge in [-0.15, -0.1) is 0 Å². The van der Waals surface area contributed by atoms with E-state index >= 15 is 0 Å². The summed E-state index contributed by atoms with van der Waals surface area (Å²) in [6.07, 6.45) is 2.11. The van der Waals surface area contributed by atoms with E-state index in [9.17, 15) is 19.5 Å². The first kappa shape index (κ1) is 30.4. The molecule has 0 rings (SSSR count). The molecule has 0 spiro atoms. The van der Waals surface area contributed by atoms with Crippen LogP contribution in [0.5, 0.6) is 0 Å². The molecule has 0 aliphatic carbocycles. The van der Waals surface area contributed by atoms with Crippen molar-refractivity contribution in [2.45, 2.75) is 106 Å². The van der Waals surface area contributed by atoms with Gasteiger partial charge in [0.05, 0.1) is 11.0 Å². The van der Waals surface area contributed by atoms with Crippen LogP contribution in [-0.4, -0.2) is 59.1 Å². The molecule has 0 aromatic rings. The molecule has 7 heteroatoms. The lowest BCUT2D eigenvalue weighted by molar-refractivity contribution is -0.153. The van der Waals surface area contributed by atoms with Gasteiger partial charge >= 0.3 is 5.97 Å². The molecule has 0 aliphatic rings. The van der Waals surface area contributed by atoms with Crippen molar-refractivity contribution in [1.82, 2.24) is 10.2 Å². The Kier molecular flexibility index (Phi) is 10.9. The third-order valence-corrected chi connectivity index (χ3v) is 6.10. The number of nitrogens with one attached hydrogen (secondary N) is 1. The first-order chi connectivity index (χ1) is 14.2. The van der Waals surface area contributed by atoms with Gasteiger partial charge in [0, 0.05) is 37.6 Å². The molecule has 0 heterocycles. The highest BCUT2D eigenvalue weighted by atomic mass is 16.5. The number of hydrogen-bond donors (Lipinski definition) is 2. The lowest BCUT2D eigenvalue weighted by atomic mass is 9.74. The Bertz CT molecular complexity index is 651. The Hall–Kier alpha value is -1.63. The Morgan fingerprint density at radius 2 is 1.47 bits per heavy atom. The third-order valence-electron chi connectivity index (χ3n) is 6.10. The van der Waals surface area contributed by atoms with Crippen LogP contribution in [0.3, 0.4) is 0 Å². The number of rotatable bonds is 14. The topological polar surface area (TPSA) is 95.9 Å². The van der Waals surface area contributed by atoms with E-state index in [0.29, 0.717) is 38.3 Å². The average molecular weight is 457 g/mol. The zero-order chi connectivity index (χ0) is 25.5. The van der Waals surface area contributed by atoms with Crippen molar-refractivity contribution in [2.75, 3.05) is 20.2 Å². The normalized spacial score (nSPS) is 13.2. The number of carbonyl (C=O) groups excluding carboxylic acids is 2. The predicted molar refractivity (Wildman–Crippen MR) is 128 cm³/mol. The van der Waals surface area contributed by atoms with Gasteiger partial charge in [0.1, 0.15) is 0 Å². The summed E-state index contributed by atoms with van der Waals surface area (Å²) in [6, 6.07) is 0. The molecule has 0 radical (unpaired) electrons. The van der Waals surface area contributed by atoms with Gasteiger partial charge in [-0.2, -0.15) is 0 Å². The number of nitrogens with zero attached hydrogens (tertiary/aromatic N) is 1. The maximum Gasteiger partial charge on any atom is 0.309 e. The van der Waals surface area contributed by atoms with Crippen molar-refractivity contribution in [3.05, 3.63) is 0 Å². The van der Waals surface area contributed by atoms with Crippen LogP contribution < -0.4 is 5.32 Å². The molecule has 0 aromatic heterocycles. The van der Waals surface area contributed by atoms with E-state index in [1.54, 1.807) is 39.6 Å². The number of carbonyl (C=O) groups is 3. The summed E-state index contributed by atoms with van der Waals surface area (Å²) in [5, 5.41) is 12.4. The Labute approximate surface area is 195 Å². The highest BCUT2D eigenvalue weighted by Gasteiger charge is 2.42. The maximum atomic E-state index is 13.2. The van der Waals surface area contributed by atoms with Crippen LogP contribution >= 0.6 is 0 Å². The highest BCUT2D eigenvalue weighted by molar-refractivity contribution is 5.84. The zero-order valence-electron chi connectivity index (χ0n) is 22.3. The molecule has 0 saturated carbocycles. The minimum absolute atomic E-state index is 0.0609. The van der Waals surface area contributed by atoms with Gasteiger partial charge in [-0.3, -0.25) is 14.4 Å². The highest BCUT2D eigenvalue weighted by Crippen LogP contribution is 2.37. The van der Waals surface area contributed by atoms with Gasteiger partial charge in [0.15, 0.2) is 0 Å². The van der Waals surface area contributed by atoms with Crippen molar-refractivity contribution >= 4 is 17.8 Å². The van der Waals surface area contributed by atoms with Crippen molar-refractivity contribution in [1.29, 1.82) is 0 Å². The van der Waals surface area contributed by atoms with Gasteiger partial charge in [0.2, 0.25) is 11.8 Å². The molecule has 32 heavy (non-hydrogen) atoms. The van der Waals surface area contributed by atoms with Crippen LogP contribution in [0.1, 0.15) is 94.9 Å². The second-order valence-corrected chi connectivity index (χ2v) is 12.0. The predicted octanol–water partition coefficient (Wildman–Crippen LogP) is 4.49. The second-order valence-electron chi connectivity index (χ2n) is 12.0. The lowest BCUT2D eigenvalue weighted by Gasteiger charge is -2.42. The summed E-state index contributed by atoms with van der Waals surface area (Å²) in [4.78, 5) is 38.2.